The van der Waals surface area contributed by atoms with Gasteiger partial charge >= 0.3 is 0 Å². The van der Waals surface area contributed by atoms with E-state index >= 15 is 0 Å². The molecule has 0 bridgehead atoms. The average molecular weight is 430 g/mol. The molecule has 0 spiro atoms. The zero-order valence-corrected chi connectivity index (χ0v) is 12.0. The number of hydrogen-bond acceptors (Lipinski definition) is 3. The Morgan fingerprint density at radius 3 is 2.71 bits per heavy atom. The molecule has 1 aromatic heterocycles. The Labute approximate surface area is 111 Å². The quantitative estimate of drug-likeness (QED) is 0.646. The van der Waals surface area contributed by atoms with Gasteiger partial charge in [-0.25, -0.2) is 0 Å². The molecule has 6 heteroatoms. The van der Waals surface area contributed by atoms with Gasteiger partial charge in [-0.2, -0.15) is 4.98 Å². The maximum absolute atomic E-state index is 5.04. The summed E-state index contributed by atoms with van der Waals surface area (Å²) in [5.41, 5.74) is 0.898. The Morgan fingerprint density at radius 2 is 2.07 bits per heavy atom. The highest BCUT2D eigenvalue weighted by Crippen LogP contribution is 2.29. The lowest BCUT2D eigenvalue weighted by Crippen LogP contribution is -1.81. The van der Waals surface area contributed by atoms with Crippen LogP contribution in [0.5, 0.6) is 0 Å². The van der Waals surface area contributed by atoms with E-state index in [9.17, 15) is 0 Å². The fourth-order valence-electron chi connectivity index (χ4n) is 0.976. The van der Waals surface area contributed by atoms with Crippen molar-refractivity contribution in [2.75, 3.05) is 0 Å². The summed E-state index contributed by atoms with van der Waals surface area (Å²) in [5, 5.41) is 3.67. The van der Waals surface area contributed by atoms with E-state index in [1.807, 2.05) is 18.2 Å². The molecule has 1 aromatic carbocycles. The molecule has 0 saturated carbocycles. The second-order valence-electron chi connectivity index (χ2n) is 2.49. The van der Waals surface area contributed by atoms with Gasteiger partial charge in [0.1, 0.15) is 0 Å². The Bertz CT molecular complexity index is 472. The fourth-order valence-corrected chi connectivity index (χ4v) is 2.12. The van der Waals surface area contributed by atoms with Gasteiger partial charge in [0.15, 0.2) is 0 Å². The number of halogens is 3. The molecule has 0 aliphatic carbocycles. The zero-order valence-electron chi connectivity index (χ0n) is 6.67. The van der Waals surface area contributed by atoms with Crippen molar-refractivity contribution in [3.8, 4) is 11.5 Å². The SMILES string of the molecule is Brc1noc(-c2cc(I)ccc2Br)n1. The lowest BCUT2D eigenvalue weighted by atomic mass is 10.2. The molecule has 0 unspecified atom stereocenters. The van der Waals surface area contributed by atoms with Crippen LogP contribution in [0.25, 0.3) is 11.5 Å². The zero-order chi connectivity index (χ0) is 10.1. The minimum absolute atomic E-state index is 0.457. The van der Waals surface area contributed by atoms with Crippen molar-refractivity contribution in [3.05, 3.63) is 31.0 Å². The molecule has 0 fully saturated rings. The molecule has 1 heterocycles. The van der Waals surface area contributed by atoms with E-state index < -0.39 is 0 Å². The minimum atomic E-state index is 0.457. The molecule has 3 nitrogen and oxygen atoms in total. The van der Waals surface area contributed by atoms with Gasteiger partial charge in [-0.1, -0.05) is 0 Å². The number of rotatable bonds is 1. The summed E-state index contributed by atoms with van der Waals surface area (Å²) in [5.74, 6) is 0.502. The molecule has 0 aliphatic heterocycles. The van der Waals surface area contributed by atoms with Crippen LogP contribution in [0, 0.1) is 3.57 Å². The van der Waals surface area contributed by atoms with Gasteiger partial charge in [-0.05, 0) is 77.8 Å². The van der Waals surface area contributed by atoms with Crippen molar-refractivity contribution in [2.45, 2.75) is 0 Å². The summed E-state index contributed by atoms with van der Waals surface area (Å²) in [6.45, 7) is 0. The van der Waals surface area contributed by atoms with E-state index in [1.54, 1.807) is 0 Å². The first kappa shape index (κ1) is 10.6. The Hall–Kier alpha value is 0.0500. The van der Waals surface area contributed by atoms with E-state index in [4.69, 9.17) is 4.52 Å². The lowest BCUT2D eigenvalue weighted by molar-refractivity contribution is 0.426. The second-order valence-corrected chi connectivity index (χ2v) is 5.30. The van der Waals surface area contributed by atoms with Gasteiger partial charge in [-0.3, -0.25) is 0 Å². The van der Waals surface area contributed by atoms with Crippen LogP contribution in [-0.2, 0) is 0 Å². The highest BCUT2D eigenvalue weighted by Gasteiger charge is 2.10. The topological polar surface area (TPSA) is 38.9 Å². The summed E-state index contributed by atoms with van der Waals surface area (Å²) in [6, 6.07) is 5.93. The normalized spacial score (nSPS) is 10.5. The maximum atomic E-state index is 5.04. The Morgan fingerprint density at radius 1 is 1.29 bits per heavy atom. The van der Waals surface area contributed by atoms with E-state index in [2.05, 4.69) is 64.6 Å². The average Bonchev–Trinajstić information content (AvgIpc) is 2.56. The highest BCUT2D eigenvalue weighted by molar-refractivity contribution is 14.1. The first-order chi connectivity index (χ1) is 6.66. The summed E-state index contributed by atoms with van der Waals surface area (Å²) in [4.78, 5) is 4.09. The molecule has 0 radical (unpaired) electrons. The van der Waals surface area contributed by atoms with Gasteiger partial charge < -0.3 is 4.52 Å². The van der Waals surface area contributed by atoms with Crippen molar-refractivity contribution in [1.82, 2.24) is 10.1 Å². The van der Waals surface area contributed by atoms with Crippen LogP contribution >= 0.6 is 54.5 Å². The lowest BCUT2D eigenvalue weighted by Gasteiger charge is -1.98. The molecule has 72 valence electrons. The van der Waals surface area contributed by atoms with Crippen LogP contribution in [0.15, 0.2) is 31.9 Å². The van der Waals surface area contributed by atoms with E-state index in [-0.39, 0.29) is 0 Å². The molecular formula is C8H3Br2IN2O. The van der Waals surface area contributed by atoms with Crippen molar-refractivity contribution < 1.29 is 4.52 Å². The van der Waals surface area contributed by atoms with E-state index in [0.29, 0.717) is 10.6 Å². The maximum Gasteiger partial charge on any atom is 0.259 e. The van der Waals surface area contributed by atoms with Crippen LogP contribution in [0.3, 0.4) is 0 Å². The molecule has 0 amide bonds. The number of hydrogen-bond donors (Lipinski definition) is 0. The molecular weight excluding hydrogens is 427 g/mol. The summed E-state index contributed by atoms with van der Waals surface area (Å²) < 4.78 is 7.56. The van der Waals surface area contributed by atoms with Crippen molar-refractivity contribution in [3.63, 3.8) is 0 Å². The number of aromatic nitrogens is 2. The first-order valence-electron chi connectivity index (χ1n) is 3.61. The molecule has 2 rings (SSSR count). The summed E-state index contributed by atoms with van der Waals surface area (Å²) >= 11 is 8.80. The predicted octanol–water partition coefficient (Wildman–Crippen LogP) is 3.87. The third-order valence-electron chi connectivity index (χ3n) is 1.56. The Balaban J connectivity index is 2.55. The van der Waals surface area contributed by atoms with Crippen LogP contribution < -0.4 is 0 Å². The monoisotopic (exact) mass is 428 g/mol. The summed E-state index contributed by atoms with van der Waals surface area (Å²) in [6.07, 6.45) is 0. The van der Waals surface area contributed by atoms with Crippen molar-refractivity contribution >= 4 is 54.5 Å². The molecule has 0 aliphatic rings. The highest BCUT2D eigenvalue weighted by atomic mass is 127. The first-order valence-corrected chi connectivity index (χ1v) is 6.28. The predicted molar refractivity (Wildman–Crippen MR) is 67.9 cm³/mol. The molecule has 2 aromatic rings. The van der Waals surface area contributed by atoms with Crippen LogP contribution in [-0.4, -0.2) is 10.1 Å². The van der Waals surface area contributed by atoms with Crippen molar-refractivity contribution in [2.24, 2.45) is 0 Å². The standard InChI is InChI=1S/C8H3Br2IN2O/c9-6-2-1-4(11)3-5(6)7-12-8(10)13-14-7/h1-3H. The Kier molecular flexibility index (Phi) is 3.23. The minimum Gasteiger partial charge on any atom is -0.333 e. The van der Waals surface area contributed by atoms with Crippen LogP contribution in [0.2, 0.25) is 0 Å². The van der Waals surface area contributed by atoms with Gasteiger partial charge in [0.25, 0.3) is 5.89 Å². The van der Waals surface area contributed by atoms with Gasteiger partial charge in [0.05, 0.1) is 5.56 Å². The molecule has 0 saturated heterocycles. The van der Waals surface area contributed by atoms with Gasteiger partial charge in [0, 0.05) is 8.04 Å². The third kappa shape index (κ3) is 2.17. The third-order valence-corrected chi connectivity index (χ3v) is 3.24. The van der Waals surface area contributed by atoms with Gasteiger partial charge in [0.2, 0.25) is 4.73 Å². The number of benzene rings is 1. The molecule has 0 atom stereocenters. The van der Waals surface area contributed by atoms with Crippen LogP contribution in [0.4, 0.5) is 0 Å². The van der Waals surface area contributed by atoms with Gasteiger partial charge in [-0.15, -0.1) is 0 Å². The fraction of sp³-hybridized carbons (Fsp3) is 0. The van der Waals surface area contributed by atoms with E-state index in [0.717, 1.165) is 13.6 Å². The van der Waals surface area contributed by atoms with Crippen LogP contribution in [0.1, 0.15) is 0 Å². The number of nitrogens with zero attached hydrogens (tertiary/aromatic N) is 2. The second kappa shape index (κ2) is 4.28. The summed E-state index contributed by atoms with van der Waals surface area (Å²) in [7, 11) is 0. The smallest absolute Gasteiger partial charge is 0.259 e. The van der Waals surface area contributed by atoms with Crippen molar-refractivity contribution in [1.29, 1.82) is 0 Å². The molecule has 14 heavy (non-hydrogen) atoms. The van der Waals surface area contributed by atoms with E-state index in [1.165, 1.54) is 0 Å². The largest absolute Gasteiger partial charge is 0.333 e. The molecule has 0 N–H and O–H groups in total.